The standard InChI is InChI=1S/C22H24S6/c1-21(2,3)17-9-7-13(25-17)15-11-23-19(27-15)20-24-12-16(28-20)14-8-10-18(26-14)22(4,5)6/h7-12H,1-6H3/b20-19+. The van der Waals surface area contributed by atoms with Crippen molar-refractivity contribution < 1.29 is 0 Å². The molecular formula is C22H24S6. The molecule has 0 aliphatic carbocycles. The molecular weight excluding hydrogens is 457 g/mol. The van der Waals surface area contributed by atoms with Crippen LogP contribution in [0.3, 0.4) is 0 Å². The summed E-state index contributed by atoms with van der Waals surface area (Å²) in [5.41, 5.74) is 0.452. The molecule has 0 spiro atoms. The van der Waals surface area contributed by atoms with Crippen LogP contribution in [0.5, 0.6) is 0 Å². The second-order valence-corrected chi connectivity index (χ2v) is 15.4. The van der Waals surface area contributed by atoms with Gasteiger partial charge in [0.2, 0.25) is 0 Å². The van der Waals surface area contributed by atoms with Crippen LogP contribution >= 0.6 is 69.7 Å². The number of thiophene rings is 2. The van der Waals surface area contributed by atoms with Crippen molar-refractivity contribution >= 4 is 79.5 Å². The van der Waals surface area contributed by atoms with Gasteiger partial charge in [-0.3, -0.25) is 0 Å². The second kappa shape index (κ2) is 7.93. The molecule has 0 saturated heterocycles. The van der Waals surface area contributed by atoms with Crippen molar-refractivity contribution in [2.24, 2.45) is 0 Å². The first kappa shape index (κ1) is 21.3. The van der Waals surface area contributed by atoms with Gasteiger partial charge < -0.3 is 0 Å². The average Bonchev–Trinajstić information content (AvgIpc) is 3.38. The van der Waals surface area contributed by atoms with Crippen LogP contribution in [0.1, 0.15) is 61.1 Å². The van der Waals surface area contributed by atoms with Gasteiger partial charge in [0.1, 0.15) is 0 Å². The van der Waals surface area contributed by atoms with Crippen LogP contribution in [0.15, 0.2) is 43.6 Å². The molecule has 2 aliphatic heterocycles. The molecule has 2 aromatic heterocycles. The van der Waals surface area contributed by atoms with E-state index in [0.29, 0.717) is 0 Å². The first-order chi connectivity index (χ1) is 13.1. The van der Waals surface area contributed by atoms with Crippen molar-refractivity contribution in [3.05, 3.63) is 63.1 Å². The molecule has 0 nitrogen and oxygen atoms in total. The van der Waals surface area contributed by atoms with Crippen molar-refractivity contribution in [3.8, 4) is 0 Å². The highest BCUT2D eigenvalue weighted by Gasteiger charge is 2.26. The molecule has 4 heterocycles. The van der Waals surface area contributed by atoms with E-state index < -0.39 is 0 Å². The Labute approximate surface area is 193 Å². The lowest BCUT2D eigenvalue weighted by Crippen LogP contribution is -2.07. The Hall–Kier alpha value is 0.0200. The van der Waals surface area contributed by atoms with Crippen LogP contribution in [-0.4, -0.2) is 0 Å². The normalized spacial score (nSPS) is 20.6. The van der Waals surface area contributed by atoms with Gasteiger partial charge in [-0.1, -0.05) is 88.6 Å². The molecule has 28 heavy (non-hydrogen) atoms. The van der Waals surface area contributed by atoms with E-state index in [9.17, 15) is 0 Å². The summed E-state index contributed by atoms with van der Waals surface area (Å²) in [6.07, 6.45) is 0. The Morgan fingerprint density at radius 1 is 0.571 bits per heavy atom. The third-order valence-electron chi connectivity index (χ3n) is 4.29. The summed E-state index contributed by atoms with van der Waals surface area (Å²) in [5, 5.41) is 4.65. The summed E-state index contributed by atoms with van der Waals surface area (Å²) in [6, 6.07) is 9.16. The maximum Gasteiger partial charge on any atom is 0.0701 e. The summed E-state index contributed by atoms with van der Waals surface area (Å²) in [6.45, 7) is 13.7. The zero-order valence-corrected chi connectivity index (χ0v) is 21.8. The Kier molecular flexibility index (Phi) is 6.02. The lowest BCUT2D eigenvalue weighted by Gasteiger charge is -2.15. The minimum atomic E-state index is 0.226. The van der Waals surface area contributed by atoms with E-state index in [-0.39, 0.29) is 10.8 Å². The van der Waals surface area contributed by atoms with Gasteiger partial charge in [0.05, 0.1) is 8.47 Å². The summed E-state index contributed by atoms with van der Waals surface area (Å²) in [4.78, 5) is 8.49. The minimum absolute atomic E-state index is 0.226. The van der Waals surface area contributed by atoms with Crippen molar-refractivity contribution in [1.82, 2.24) is 0 Å². The topological polar surface area (TPSA) is 0 Å². The lowest BCUT2D eigenvalue weighted by molar-refractivity contribution is 0.603. The second-order valence-electron chi connectivity index (χ2n) is 8.81. The SMILES string of the molecule is CC(C)(C)c1ccc(C2=CS/C(=C3/SC=C(c4ccc(C(C)(C)C)s4)S3)S2)s1. The van der Waals surface area contributed by atoms with Gasteiger partial charge in [-0.05, 0) is 45.9 Å². The fraction of sp³-hybridized carbons (Fsp3) is 0.364. The molecule has 0 unspecified atom stereocenters. The maximum atomic E-state index is 2.33. The Balaban J connectivity index is 1.45. The molecule has 0 amide bonds. The monoisotopic (exact) mass is 480 g/mol. The van der Waals surface area contributed by atoms with E-state index >= 15 is 0 Å². The summed E-state index contributed by atoms with van der Waals surface area (Å²) >= 11 is 11.5. The molecule has 0 radical (unpaired) electrons. The quantitative estimate of drug-likeness (QED) is 0.419. The van der Waals surface area contributed by atoms with Crippen LogP contribution in [0, 0.1) is 0 Å². The Morgan fingerprint density at radius 3 is 1.29 bits per heavy atom. The van der Waals surface area contributed by atoms with E-state index in [2.05, 4.69) is 76.6 Å². The van der Waals surface area contributed by atoms with E-state index in [1.807, 2.05) is 69.7 Å². The molecule has 0 saturated carbocycles. The highest BCUT2D eigenvalue weighted by atomic mass is 32.2. The minimum Gasteiger partial charge on any atom is -0.139 e. The van der Waals surface area contributed by atoms with Gasteiger partial charge in [-0.2, -0.15) is 0 Å². The molecule has 0 aromatic carbocycles. The third-order valence-corrected chi connectivity index (χ3v) is 13.0. The summed E-state index contributed by atoms with van der Waals surface area (Å²) in [5.74, 6) is 0. The number of thioether (sulfide) groups is 4. The van der Waals surface area contributed by atoms with Crippen molar-refractivity contribution in [3.63, 3.8) is 0 Å². The Bertz CT molecular complexity index is 905. The number of rotatable bonds is 2. The van der Waals surface area contributed by atoms with Gasteiger partial charge >= 0.3 is 0 Å². The van der Waals surface area contributed by atoms with Crippen LogP contribution in [0.4, 0.5) is 0 Å². The molecule has 4 rings (SSSR count). The highest BCUT2D eigenvalue weighted by molar-refractivity contribution is 8.36. The average molecular weight is 481 g/mol. The number of hydrogen-bond donors (Lipinski definition) is 0. The number of hydrogen-bond acceptors (Lipinski definition) is 6. The summed E-state index contributed by atoms with van der Waals surface area (Å²) in [7, 11) is 0. The maximum absolute atomic E-state index is 2.33. The molecule has 0 atom stereocenters. The molecule has 6 heteroatoms. The molecule has 148 valence electrons. The van der Waals surface area contributed by atoms with E-state index in [1.165, 1.54) is 37.8 Å². The molecule has 0 fully saturated rings. The van der Waals surface area contributed by atoms with Crippen LogP contribution in [0.25, 0.3) is 9.81 Å². The smallest absolute Gasteiger partial charge is 0.0701 e. The zero-order chi connectivity index (χ0) is 20.1. The van der Waals surface area contributed by atoms with Gasteiger partial charge in [-0.25, -0.2) is 0 Å². The van der Waals surface area contributed by atoms with Gasteiger partial charge in [0.25, 0.3) is 0 Å². The van der Waals surface area contributed by atoms with Crippen LogP contribution in [-0.2, 0) is 10.8 Å². The predicted octanol–water partition coefficient (Wildman–Crippen LogP) is 9.79. The largest absolute Gasteiger partial charge is 0.139 e. The third kappa shape index (κ3) is 4.52. The molecule has 0 N–H and O–H groups in total. The first-order valence-electron chi connectivity index (χ1n) is 9.16. The van der Waals surface area contributed by atoms with E-state index in [4.69, 9.17) is 0 Å². The molecule has 2 aliphatic rings. The predicted molar refractivity (Wildman–Crippen MR) is 139 cm³/mol. The summed E-state index contributed by atoms with van der Waals surface area (Å²) < 4.78 is 2.85. The van der Waals surface area contributed by atoms with Gasteiger partial charge in [0, 0.05) is 29.3 Å². The fourth-order valence-corrected chi connectivity index (χ4v) is 9.99. The van der Waals surface area contributed by atoms with E-state index in [1.54, 1.807) is 0 Å². The van der Waals surface area contributed by atoms with Crippen molar-refractivity contribution in [2.45, 2.75) is 52.4 Å². The lowest BCUT2D eigenvalue weighted by atomic mass is 9.95. The van der Waals surface area contributed by atoms with Crippen molar-refractivity contribution in [2.75, 3.05) is 0 Å². The fourth-order valence-electron chi connectivity index (χ4n) is 2.65. The van der Waals surface area contributed by atoms with Crippen LogP contribution < -0.4 is 0 Å². The highest BCUT2D eigenvalue weighted by Crippen LogP contribution is 2.60. The molecule has 0 bridgehead atoms. The first-order valence-corrected chi connectivity index (χ1v) is 14.2. The van der Waals surface area contributed by atoms with Gasteiger partial charge in [0.15, 0.2) is 0 Å². The zero-order valence-electron chi connectivity index (χ0n) is 16.9. The molecule has 2 aromatic rings. The van der Waals surface area contributed by atoms with E-state index in [0.717, 1.165) is 0 Å². The Morgan fingerprint density at radius 2 is 0.964 bits per heavy atom. The van der Waals surface area contributed by atoms with Crippen LogP contribution in [0.2, 0.25) is 0 Å². The van der Waals surface area contributed by atoms with Gasteiger partial charge in [-0.15, -0.1) is 22.7 Å². The van der Waals surface area contributed by atoms with Crippen molar-refractivity contribution in [1.29, 1.82) is 0 Å².